The van der Waals surface area contributed by atoms with Gasteiger partial charge in [-0.1, -0.05) is 0 Å². The number of anilines is 2. The van der Waals surface area contributed by atoms with Gasteiger partial charge in [-0.05, 0) is 57.7 Å². The summed E-state index contributed by atoms with van der Waals surface area (Å²) in [5.74, 6) is 2.77. The first-order chi connectivity index (χ1) is 17.9. The molecule has 1 atom stereocenters. The predicted octanol–water partition coefficient (Wildman–Crippen LogP) is 3.00. The molecule has 2 aromatic heterocycles. The smallest absolute Gasteiger partial charge is 0.244 e. The molecule has 0 radical (unpaired) electrons. The molecule has 4 heterocycles. The van der Waals surface area contributed by atoms with E-state index in [2.05, 4.69) is 36.8 Å². The van der Waals surface area contributed by atoms with Crippen molar-refractivity contribution in [3.8, 4) is 0 Å². The van der Waals surface area contributed by atoms with Gasteiger partial charge in [0.15, 0.2) is 0 Å². The van der Waals surface area contributed by atoms with Crippen LogP contribution in [-0.2, 0) is 24.3 Å². The van der Waals surface area contributed by atoms with E-state index in [0.717, 1.165) is 40.7 Å². The number of piperazine rings is 1. The van der Waals surface area contributed by atoms with Gasteiger partial charge in [0.25, 0.3) is 0 Å². The molecule has 2 fully saturated rings. The molecule has 10 heteroatoms. The van der Waals surface area contributed by atoms with Crippen molar-refractivity contribution < 1.29 is 9.18 Å². The highest BCUT2D eigenvalue weighted by Gasteiger charge is 2.32. The Balaban J connectivity index is 1.18. The van der Waals surface area contributed by atoms with Crippen LogP contribution in [0.25, 0.3) is 0 Å². The van der Waals surface area contributed by atoms with Crippen molar-refractivity contribution in [2.45, 2.75) is 65.1 Å². The molecule has 1 aromatic carbocycles. The average Bonchev–Trinajstić information content (AvgIpc) is 3.69. The van der Waals surface area contributed by atoms with E-state index in [0.29, 0.717) is 44.3 Å². The van der Waals surface area contributed by atoms with Crippen LogP contribution in [0.15, 0.2) is 24.5 Å². The van der Waals surface area contributed by atoms with Crippen LogP contribution in [-0.4, -0.2) is 67.8 Å². The summed E-state index contributed by atoms with van der Waals surface area (Å²) in [6, 6.07) is 3.51. The van der Waals surface area contributed by atoms with Crippen LogP contribution in [0.3, 0.4) is 0 Å². The molecule has 2 aliphatic heterocycles. The number of fused-ring (bicyclic) bond motifs is 1. The largest absolute Gasteiger partial charge is 0.367 e. The second-order valence-electron chi connectivity index (χ2n) is 10.5. The van der Waals surface area contributed by atoms with Gasteiger partial charge in [-0.25, -0.2) is 24.0 Å². The van der Waals surface area contributed by atoms with E-state index in [-0.39, 0.29) is 24.3 Å². The number of halogens is 1. The molecule has 37 heavy (non-hydrogen) atoms. The first-order valence-corrected chi connectivity index (χ1v) is 13.2. The molecule has 0 N–H and O–H groups in total. The van der Waals surface area contributed by atoms with E-state index >= 15 is 0 Å². The fourth-order valence-corrected chi connectivity index (χ4v) is 5.66. The zero-order valence-corrected chi connectivity index (χ0v) is 21.7. The Morgan fingerprint density at radius 1 is 1.05 bits per heavy atom. The van der Waals surface area contributed by atoms with E-state index in [9.17, 15) is 9.18 Å². The van der Waals surface area contributed by atoms with Gasteiger partial charge in [0, 0.05) is 55.9 Å². The van der Waals surface area contributed by atoms with Gasteiger partial charge in [0.1, 0.15) is 29.8 Å². The first-order valence-electron chi connectivity index (χ1n) is 13.2. The lowest BCUT2D eigenvalue weighted by Crippen LogP contribution is -2.55. The highest BCUT2D eigenvalue weighted by Crippen LogP contribution is 2.38. The maximum atomic E-state index is 14.9. The van der Waals surface area contributed by atoms with Crippen LogP contribution in [0.2, 0.25) is 0 Å². The van der Waals surface area contributed by atoms with Gasteiger partial charge in [-0.3, -0.25) is 4.79 Å². The minimum absolute atomic E-state index is 0.0231. The Hall–Kier alpha value is -3.56. The number of aryl methyl sites for hydroxylation is 2. The fraction of sp³-hybridized carbons (Fsp3) is 0.519. The monoisotopic (exact) mass is 504 g/mol. The molecular formula is C27H33FN8O. The zero-order valence-electron chi connectivity index (χ0n) is 21.7. The summed E-state index contributed by atoms with van der Waals surface area (Å²) in [5, 5.41) is 4.34. The van der Waals surface area contributed by atoms with Crippen LogP contribution in [0.4, 0.5) is 15.8 Å². The number of nitrogens with zero attached hydrogens (tertiary/aromatic N) is 8. The zero-order chi connectivity index (χ0) is 25.7. The number of hydrogen-bond acceptors (Lipinski definition) is 7. The van der Waals surface area contributed by atoms with Crippen molar-refractivity contribution in [1.82, 2.24) is 29.6 Å². The third-order valence-corrected chi connectivity index (χ3v) is 7.83. The number of rotatable bonds is 5. The quantitative estimate of drug-likeness (QED) is 0.528. The minimum atomic E-state index is -0.140. The van der Waals surface area contributed by atoms with Gasteiger partial charge in [-0.15, -0.1) is 0 Å². The molecule has 3 aliphatic rings. The lowest BCUT2D eigenvalue weighted by molar-refractivity contribution is -0.134. The van der Waals surface area contributed by atoms with Crippen molar-refractivity contribution in [3.63, 3.8) is 0 Å². The summed E-state index contributed by atoms with van der Waals surface area (Å²) < 4.78 is 16.5. The number of carbonyl (C=O) groups is 1. The number of carbonyl (C=O) groups excluding carboxylic acids is 1. The summed E-state index contributed by atoms with van der Waals surface area (Å²) in [6.07, 6.45) is 6.82. The van der Waals surface area contributed by atoms with Crippen molar-refractivity contribution in [2.75, 3.05) is 36.0 Å². The van der Waals surface area contributed by atoms with Gasteiger partial charge >= 0.3 is 0 Å². The molecule has 1 saturated carbocycles. The highest BCUT2D eigenvalue weighted by molar-refractivity contribution is 5.77. The Morgan fingerprint density at radius 3 is 2.51 bits per heavy atom. The van der Waals surface area contributed by atoms with E-state index in [4.69, 9.17) is 0 Å². The predicted molar refractivity (Wildman–Crippen MR) is 138 cm³/mol. The number of aromatic nitrogens is 5. The summed E-state index contributed by atoms with van der Waals surface area (Å²) in [7, 11) is 0. The maximum Gasteiger partial charge on any atom is 0.244 e. The van der Waals surface area contributed by atoms with Gasteiger partial charge in [-0.2, -0.15) is 5.10 Å². The van der Waals surface area contributed by atoms with Crippen molar-refractivity contribution in [1.29, 1.82) is 0 Å². The second-order valence-corrected chi connectivity index (χ2v) is 10.5. The fourth-order valence-electron chi connectivity index (χ4n) is 5.66. The first kappa shape index (κ1) is 23.8. The van der Waals surface area contributed by atoms with Gasteiger partial charge < -0.3 is 14.7 Å². The Kier molecular flexibility index (Phi) is 6.04. The lowest BCUT2D eigenvalue weighted by Gasteiger charge is -2.43. The molecule has 194 valence electrons. The molecule has 9 nitrogen and oxygen atoms in total. The molecule has 0 bridgehead atoms. The second kappa shape index (κ2) is 9.39. The van der Waals surface area contributed by atoms with Crippen molar-refractivity contribution in [3.05, 3.63) is 58.9 Å². The summed E-state index contributed by atoms with van der Waals surface area (Å²) in [4.78, 5) is 33.0. The highest BCUT2D eigenvalue weighted by atomic mass is 19.1. The minimum Gasteiger partial charge on any atom is -0.367 e. The Labute approximate surface area is 216 Å². The number of amides is 1. The van der Waals surface area contributed by atoms with Crippen LogP contribution in [0, 0.1) is 19.7 Å². The third-order valence-electron chi connectivity index (χ3n) is 7.83. The van der Waals surface area contributed by atoms with Crippen molar-refractivity contribution in [2.24, 2.45) is 0 Å². The summed E-state index contributed by atoms with van der Waals surface area (Å²) in [5.41, 5.74) is 3.86. The van der Waals surface area contributed by atoms with Gasteiger partial charge in [0.2, 0.25) is 5.91 Å². The molecular weight excluding hydrogens is 471 g/mol. The molecule has 1 saturated heterocycles. The average molecular weight is 505 g/mol. The molecule has 6 rings (SSSR count). The van der Waals surface area contributed by atoms with Crippen molar-refractivity contribution >= 4 is 17.3 Å². The standard InChI is InChI=1S/C27H33FN8O/c1-17-14-34(10-11-35(17)26(37)16-36-19(3)31-18(2)32-36)25-7-6-24(28)22-8-9-33(15-23(22)25)21-12-29-27(30-13-21)20-4-5-20/h6-7,12-13,17,20H,4-5,8-11,14-16H2,1-3H3/t17-/m1/s1. The molecule has 1 amide bonds. The lowest BCUT2D eigenvalue weighted by atomic mass is 9.95. The Morgan fingerprint density at radius 2 is 1.84 bits per heavy atom. The normalized spacial score (nSPS) is 19.8. The topological polar surface area (TPSA) is 83.3 Å². The Bertz CT molecular complexity index is 1320. The van der Waals surface area contributed by atoms with Crippen LogP contribution < -0.4 is 9.80 Å². The number of hydrogen-bond donors (Lipinski definition) is 0. The van der Waals surface area contributed by atoms with Crippen LogP contribution in [0.1, 0.15) is 54.3 Å². The third kappa shape index (κ3) is 4.65. The summed E-state index contributed by atoms with van der Waals surface area (Å²) >= 11 is 0. The summed E-state index contributed by atoms with van der Waals surface area (Å²) in [6.45, 7) is 9.32. The van der Waals surface area contributed by atoms with Crippen LogP contribution >= 0.6 is 0 Å². The molecule has 0 unspecified atom stereocenters. The van der Waals surface area contributed by atoms with E-state index in [1.807, 2.05) is 37.2 Å². The van der Waals surface area contributed by atoms with E-state index in [1.54, 1.807) is 10.7 Å². The molecule has 3 aromatic rings. The van der Waals surface area contributed by atoms with E-state index < -0.39 is 0 Å². The van der Waals surface area contributed by atoms with E-state index in [1.165, 1.54) is 12.8 Å². The molecule has 1 aliphatic carbocycles. The van der Waals surface area contributed by atoms with Crippen LogP contribution in [0.5, 0.6) is 0 Å². The molecule has 0 spiro atoms. The van der Waals surface area contributed by atoms with Gasteiger partial charge in [0.05, 0.1) is 18.1 Å². The maximum absolute atomic E-state index is 14.9. The number of benzene rings is 1. The SMILES string of the molecule is Cc1nc(C)n(CC(=O)N2CCN(c3ccc(F)c4c3CN(c3cnc(C5CC5)nc3)CC4)C[C@H]2C)n1.